The SMILES string of the molecule is Clc1ccc(CN(CC2CCNCC2)C2CC2)cn1. The third-order valence-corrected chi connectivity index (χ3v) is 4.41. The second-order valence-corrected chi connectivity index (χ2v) is 6.23. The smallest absolute Gasteiger partial charge is 0.129 e. The average molecular weight is 280 g/mol. The molecule has 1 aromatic rings. The number of hydrogen-bond donors (Lipinski definition) is 1. The molecule has 2 fully saturated rings. The number of piperidine rings is 1. The molecule has 1 aliphatic heterocycles. The van der Waals surface area contributed by atoms with E-state index in [9.17, 15) is 0 Å². The predicted octanol–water partition coefficient (Wildman–Crippen LogP) is 2.70. The lowest BCUT2D eigenvalue weighted by molar-refractivity contribution is 0.190. The number of nitrogens with zero attached hydrogens (tertiary/aromatic N) is 2. The summed E-state index contributed by atoms with van der Waals surface area (Å²) in [4.78, 5) is 6.84. The van der Waals surface area contributed by atoms with Crippen LogP contribution in [0.1, 0.15) is 31.2 Å². The molecule has 1 saturated carbocycles. The third kappa shape index (κ3) is 3.91. The van der Waals surface area contributed by atoms with Crippen LogP contribution in [0.3, 0.4) is 0 Å². The summed E-state index contributed by atoms with van der Waals surface area (Å²) in [6, 6.07) is 4.81. The molecule has 0 spiro atoms. The summed E-state index contributed by atoms with van der Waals surface area (Å²) >= 11 is 5.85. The molecule has 1 saturated heterocycles. The maximum atomic E-state index is 5.85. The standard InChI is InChI=1S/C15H22ClN3/c16-15-4-1-13(9-18-15)11-19(14-2-3-14)10-12-5-7-17-8-6-12/h1,4,9,12,14,17H,2-3,5-8,10-11H2. The van der Waals surface area contributed by atoms with Crippen molar-refractivity contribution < 1.29 is 0 Å². The summed E-state index contributed by atoms with van der Waals surface area (Å²) in [5.41, 5.74) is 1.28. The highest BCUT2D eigenvalue weighted by Crippen LogP contribution is 2.30. The van der Waals surface area contributed by atoms with Crippen molar-refractivity contribution in [1.82, 2.24) is 15.2 Å². The van der Waals surface area contributed by atoms with E-state index in [0.717, 1.165) is 18.5 Å². The summed E-state index contributed by atoms with van der Waals surface area (Å²) in [6.45, 7) is 4.64. The van der Waals surface area contributed by atoms with Gasteiger partial charge < -0.3 is 5.32 Å². The molecule has 3 rings (SSSR count). The first-order chi connectivity index (χ1) is 9.31. The lowest BCUT2D eigenvalue weighted by Crippen LogP contribution is -2.37. The van der Waals surface area contributed by atoms with Gasteiger partial charge in [0.25, 0.3) is 0 Å². The monoisotopic (exact) mass is 279 g/mol. The van der Waals surface area contributed by atoms with Crippen molar-refractivity contribution in [2.45, 2.75) is 38.3 Å². The second-order valence-electron chi connectivity index (χ2n) is 5.84. The van der Waals surface area contributed by atoms with Crippen molar-refractivity contribution in [2.75, 3.05) is 19.6 Å². The largest absolute Gasteiger partial charge is 0.317 e. The Balaban J connectivity index is 1.59. The van der Waals surface area contributed by atoms with Crippen LogP contribution in [0.5, 0.6) is 0 Å². The van der Waals surface area contributed by atoms with Crippen LogP contribution in [0, 0.1) is 5.92 Å². The zero-order valence-electron chi connectivity index (χ0n) is 11.3. The molecule has 0 amide bonds. The van der Waals surface area contributed by atoms with Gasteiger partial charge >= 0.3 is 0 Å². The Bertz CT molecular complexity index is 396. The Hall–Kier alpha value is -0.640. The fourth-order valence-corrected chi connectivity index (χ4v) is 3.02. The lowest BCUT2D eigenvalue weighted by Gasteiger charge is -2.30. The molecule has 4 heteroatoms. The minimum absolute atomic E-state index is 0.583. The summed E-state index contributed by atoms with van der Waals surface area (Å²) in [7, 11) is 0. The number of pyridine rings is 1. The van der Waals surface area contributed by atoms with Crippen molar-refractivity contribution in [2.24, 2.45) is 5.92 Å². The number of hydrogen-bond acceptors (Lipinski definition) is 3. The molecule has 0 aromatic carbocycles. The lowest BCUT2D eigenvalue weighted by atomic mass is 9.97. The Labute approximate surface area is 120 Å². The summed E-state index contributed by atoms with van der Waals surface area (Å²) < 4.78 is 0. The van der Waals surface area contributed by atoms with Crippen LogP contribution in [0.25, 0.3) is 0 Å². The van der Waals surface area contributed by atoms with Gasteiger partial charge in [-0.05, 0) is 56.3 Å². The van der Waals surface area contributed by atoms with Gasteiger partial charge in [0, 0.05) is 25.3 Å². The van der Waals surface area contributed by atoms with E-state index in [0.29, 0.717) is 5.15 Å². The molecule has 0 bridgehead atoms. The molecule has 104 valence electrons. The van der Waals surface area contributed by atoms with Gasteiger partial charge in [-0.25, -0.2) is 4.98 Å². The summed E-state index contributed by atoms with van der Waals surface area (Å²) in [5, 5.41) is 4.03. The average Bonchev–Trinajstić information content (AvgIpc) is 3.26. The Morgan fingerprint density at radius 2 is 2.00 bits per heavy atom. The van der Waals surface area contributed by atoms with Crippen LogP contribution < -0.4 is 5.32 Å². The normalized spacial score (nSPS) is 20.9. The van der Waals surface area contributed by atoms with Crippen LogP contribution >= 0.6 is 11.6 Å². The van der Waals surface area contributed by atoms with Crippen molar-refractivity contribution in [3.63, 3.8) is 0 Å². The quantitative estimate of drug-likeness (QED) is 0.840. The molecule has 0 unspecified atom stereocenters. The van der Waals surface area contributed by atoms with Gasteiger partial charge in [0.05, 0.1) is 0 Å². The molecule has 2 heterocycles. The molecule has 1 aliphatic carbocycles. The van der Waals surface area contributed by atoms with Crippen LogP contribution in [0.2, 0.25) is 5.15 Å². The van der Waals surface area contributed by atoms with E-state index in [1.807, 2.05) is 12.3 Å². The van der Waals surface area contributed by atoms with Gasteiger partial charge in [0.2, 0.25) is 0 Å². The highest BCUT2D eigenvalue weighted by molar-refractivity contribution is 6.29. The molecule has 3 nitrogen and oxygen atoms in total. The number of aromatic nitrogens is 1. The van der Waals surface area contributed by atoms with E-state index < -0.39 is 0 Å². The first-order valence-electron chi connectivity index (χ1n) is 7.36. The Kier molecular flexibility index (Phi) is 4.36. The van der Waals surface area contributed by atoms with Gasteiger partial charge in [-0.3, -0.25) is 4.90 Å². The topological polar surface area (TPSA) is 28.2 Å². The van der Waals surface area contributed by atoms with Gasteiger partial charge in [-0.15, -0.1) is 0 Å². The van der Waals surface area contributed by atoms with Crippen LogP contribution in [0.15, 0.2) is 18.3 Å². The minimum atomic E-state index is 0.583. The summed E-state index contributed by atoms with van der Waals surface area (Å²) in [6.07, 6.45) is 7.29. The van der Waals surface area contributed by atoms with Crippen molar-refractivity contribution >= 4 is 11.6 Å². The molecular formula is C15H22ClN3. The second kappa shape index (κ2) is 6.21. The molecule has 1 N–H and O–H groups in total. The first-order valence-corrected chi connectivity index (χ1v) is 7.74. The third-order valence-electron chi connectivity index (χ3n) is 4.19. The summed E-state index contributed by atoms with van der Waals surface area (Å²) in [5.74, 6) is 0.863. The number of rotatable bonds is 5. The van der Waals surface area contributed by atoms with E-state index in [1.54, 1.807) is 0 Å². The van der Waals surface area contributed by atoms with E-state index in [2.05, 4.69) is 21.3 Å². The van der Waals surface area contributed by atoms with E-state index >= 15 is 0 Å². The van der Waals surface area contributed by atoms with Gasteiger partial charge in [0.15, 0.2) is 0 Å². The fourth-order valence-electron chi connectivity index (χ4n) is 2.91. The van der Waals surface area contributed by atoms with Gasteiger partial charge in [-0.2, -0.15) is 0 Å². The van der Waals surface area contributed by atoms with Crippen molar-refractivity contribution in [3.05, 3.63) is 29.0 Å². The highest BCUT2D eigenvalue weighted by Gasteiger charge is 2.30. The zero-order valence-corrected chi connectivity index (χ0v) is 12.1. The van der Waals surface area contributed by atoms with Crippen LogP contribution in [-0.2, 0) is 6.54 Å². The van der Waals surface area contributed by atoms with E-state index in [1.165, 1.54) is 50.9 Å². The van der Waals surface area contributed by atoms with Crippen molar-refractivity contribution in [3.8, 4) is 0 Å². The van der Waals surface area contributed by atoms with Crippen LogP contribution in [-0.4, -0.2) is 35.6 Å². The molecular weight excluding hydrogens is 258 g/mol. The highest BCUT2D eigenvalue weighted by atomic mass is 35.5. The van der Waals surface area contributed by atoms with Gasteiger partial charge in [0.1, 0.15) is 5.15 Å². The van der Waals surface area contributed by atoms with E-state index in [4.69, 9.17) is 11.6 Å². The molecule has 1 aromatic heterocycles. The Morgan fingerprint density at radius 3 is 2.63 bits per heavy atom. The maximum Gasteiger partial charge on any atom is 0.129 e. The Morgan fingerprint density at radius 1 is 1.21 bits per heavy atom. The fraction of sp³-hybridized carbons (Fsp3) is 0.667. The van der Waals surface area contributed by atoms with Crippen molar-refractivity contribution in [1.29, 1.82) is 0 Å². The van der Waals surface area contributed by atoms with Crippen LogP contribution in [0.4, 0.5) is 0 Å². The molecule has 0 atom stereocenters. The minimum Gasteiger partial charge on any atom is -0.317 e. The first kappa shape index (κ1) is 13.3. The maximum absolute atomic E-state index is 5.85. The molecule has 2 aliphatic rings. The van der Waals surface area contributed by atoms with Gasteiger partial charge in [-0.1, -0.05) is 17.7 Å². The molecule has 0 radical (unpaired) electrons. The number of halogens is 1. The molecule has 19 heavy (non-hydrogen) atoms. The number of nitrogens with one attached hydrogen (secondary N) is 1. The zero-order chi connectivity index (χ0) is 13.1. The predicted molar refractivity (Wildman–Crippen MR) is 78.3 cm³/mol. The van der Waals surface area contributed by atoms with E-state index in [-0.39, 0.29) is 0 Å².